The van der Waals surface area contributed by atoms with Crippen molar-refractivity contribution in [2.24, 2.45) is 5.73 Å². The summed E-state index contributed by atoms with van der Waals surface area (Å²) in [7, 11) is 6.05. The van der Waals surface area contributed by atoms with Gasteiger partial charge in [-0.25, -0.2) is 0 Å². The van der Waals surface area contributed by atoms with E-state index in [2.05, 4.69) is 66.6 Å². The molecule has 0 aromatic heterocycles. The molecule has 154 valence electrons. The van der Waals surface area contributed by atoms with Crippen LogP contribution in [0.1, 0.15) is 24.5 Å². The van der Waals surface area contributed by atoms with E-state index in [1.165, 1.54) is 0 Å². The average molecular weight is 394 g/mol. The first-order chi connectivity index (χ1) is 13.8. The van der Waals surface area contributed by atoms with Gasteiger partial charge in [0.1, 0.15) is 6.04 Å². The highest BCUT2D eigenvalue weighted by molar-refractivity contribution is 5.82. The molecule has 0 amide bonds. The summed E-state index contributed by atoms with van der Waals surface area (Å²) < 4.78 is 0. The number of rotatable bonds is 9. The van der Waals surface area contributed by atoms with Crippen LogP contribution in [-0.2, 0) is 4.79 Å². The SMILES string of the molecule is C/C=C\CN(C)c1ccc(/C(=C\C[C@H](N)C(=O)O)c2ccc(N(C)C)cc2)cc1. The van der Waals surface area contributed by atoms with Crippen molar-refractivity contribution in [1.29, 1.82) is 0 Å². The molecule has 0 saturated carbocycles. The number of likely N-dealkylation sites (N-methyl/N-ethyl adjacent to an activating group) is 1. The summed E-state index contributed by atoms with van der Waals surface area (Å²) in [4.78, 5) is 15.4. The fraction of sp³-hybridized carbons (Fsp3) is 0.292. The van der Waals surface area contributed by atoms with Crippen LogP contribution in [0.4, 0.5) is 11.4 Å². The smallest absolute Gasteiger partial charge is 0.320 e. The Balaban J connectivity index is 2.36. The van der Waals surface area contributed by atoms with Gasteiger partial charge in [0, 0.05) is 39.1 Å². The Kier molecular flexibility index (Phi) is 8.04. The van der Waals surface area contributed by atoms with Crippen LogP contribution in [0.3, 0.4) is 0 Å². The van der Waals surface area contributed by atoms with E-state index in [1.54, 1.807) is 0 Å². The largest absolute Gasteiger partial charge is 0.480 e. The van der Waals surface area contributed by atoms with Crippen LogP contribution in [0.2, 0.25) is 0 Å². The fourth-order valence-corrected chi connectivity index (χ4v) is 2.95. The molecule has 0 spiro atoms. The van der Waals surface area contributed by atoms with E-state index in [4.69, 9.17) is 10.8 Å². The number of aliphatic carboxylic acids is 1. The number of nitrogens with two attached hydrogens (primary N) is 1. The summed E-state index contributed by atoms with van der Waals surface area (Å²) in [5.74, 6) is -0.996. The number of carbonyl (C=O) groups is 1. The second-order valence-electron chi connectivity index (χ2n) is 7.24. The van der Waals surface area contributed by atoms with E-state index in [0.29, 0.717) is 0 Å². The van der Waals surface area contributed by atoms with E-state index in [1.807, 2.05) is 38.1 Å². The summed E-state index contributed by atoms with van der Waals surface area (Å²) in [6.45, 7) is 2.86. The molecule has 5 nitrogen and oxygen atoms in total. The predicted molar refractivity (Wildman–Crippen MR) is 123 cm³/mol. The van der Waals surface area contributed by atoms with Gasteiger partial charge >= 0.3 is 5.97 Å². The van der Waals surface area contributed by atoms with Crippen molar-refractivity contribution >= 4 is 22.9 Å². The molecule has 3 N–H and O–H groups in total. The standard InChI is InChI=1S/C24H31N3O2/c1-5-6-17-27(4)21-13-9-19(10-14-21)22(15-16-23(25)24(28)29)18-7-11-20(12-8-18)26(2)3/h5-15,23H,16-17,25H2,1-4H3,(H,28,29)/b6-5-,22-15-/t23-/m0/s1. The molecule has 0 bridgehead atoms. The normalized spacial score (nSPS) is 12.8. The minimum atomic E-state index is -0.996. The molecule has 29 heavy (non-hydrogen) atoms. The number of benzene rings is 2. The number of hydrogen-bond donors (Lipinski definition) is 2. The Morgan fingerprint density at radius 1 is 1.00 bits per heavy atom. The molecule has 2 rings (SSSR count). The van der Waals surface area contributed by atoms with E-state index in [0.717, 1.165) is 34.6 Å². The third kappa shape index (κ3) is 6.22. The Morgan fingerprint density at radius 3 is 1.97 bits per heavy atom. The molecule has 0 fully saturated rings. The zero-order valence-corrected chi connectivity index (χ0v) is 17.7. The average Bonchev–Trinajstić information content (AvgIpc) is 2.72. The summed E-state index contributed by atoms with van der Waals surface area (Å²) in [6, 6.07) is 15.6. The minimum absolute atomic E-state index is 0.267. The Hall–Kier alpha value is -3.05. The number of allylic oxidation sites excluding steroid dienone is 1. The molecule has 0 unspecified atom stereocenters. The van der Waals surface area contributed by atoms with Crippen LogP contribution in [0.25, 0.3) is 5.57 Å². The zero-order chi connectivity index (χ0) is 21.4. The third-order valence-electron chi connectivity index (χ3n) is 4.82. The predicted octanol–water partition coefficient (Wildman–Crippen LogP) is 4.00. The van der Waals surface area contributed by atoms with Gasteiger partial charge in [0.05, 0.1) is 0 Å². The van der Waals surface area contributed by atoms with Gasteiger partial charge in [0.15, 0.2) is 0 Å². The van der Waals surface area contributed by atoms with Crippen molar-refractivity contribution in [3.05, 3.63) is 77.9 Å². The molecule has 2 aromatic carbocycles. The lowest BCUT2D eigenvalue weighted by Gasteiger charge is -2.18. The molecular formula is C24H31N3O2. The summed E-state index contributed by atoms with van der Waals surface area (Å²) in [5, 5.41) is 9.13. The molecule has 2 aromatic rings. The van der Waals surface area contributed by atoms with Crippen LogP contribution < -0.4 is 15.5 Å². The van der Waals surface area contributed by atoms with Gasteiger partial charge in [-0.15, -0.1) is 0 Å². The number of hydrogen-bond acceptors (Lipinski definition) is 4. The van der Waals surface area contributed by atoms with Gasteiger partial charge < -0.3 is 20.6 Å². The van der Waals surface area contributed by atoms with E-state index < -0.39 is 12.0 Å². The number of carboxylic acid groups (broad SMARTS) is 1. The maximum Gasteiger partial charge on any atom is 0.320 e. The molecule has 1 atom stereocenters. The van der Waals surface area contributed by atoms with Crippen molar-refractivity contribution in [2.45, 2.75) is 19.4 Å². The van der Waals surface area contributed by atoms with Gasteiger partial charge in [-0.3, -0.25) is 4.79 Å². The molecule has 0 radical (unpaired) electrons. The second kappa shape index (κ2) is 10.5. The number of carboxylic acids is 1. The molecule has 5 heteroatoms. The molecule has 0 aliphatic carbocycles. The Bertz CT molecular complexity index is 853. The highest BCUT2D eigenvalue weighted by Gasteiger charge is 2.12. The lowest BCUT2D eigenvalue weighted by Crippen LogP contribution is -2.29. The van der Waals surface area contributed by atoms with Gasteiger partial charge in [-0.1, -0.05) is 42.5 Å². The van der Waals surface area contributed by atoms with Crippen LogP contribution >= 0.6 is 0 Å². The lowest BCUT2D eigenvalue weighted by atomic mass is 9.95. The van der Waals surface area contributed by atoms with Crippen molar-refractivity contribution in [2.75, 3.05) is 37.5 Å². The maximum atomic E-state index is 11.1. The van der Waals surface area contributed by atoms with E-state index in [9.17, 15) is 4.79 Å². The number of nitrogens with zero attached hydrogens (tertiary/aromatic N) is 2. The molecule has 0 heterocycles. The zero-order valence-electron chi connectivity index (χ0n) is 17.7. The molecule has 0 aliphatic rings. The molecule has 0 aliphatic heterocycles. The van der Waals surface area contributed by atoms with Crippen molar-refractivity contribution in [3.63, 3.8) is 0 Å². The van der Waals surface area contributed by atoms with Gasteiger partial charge in [0.25, 0.3) is 0 Å². The maximum absolute atomic E-state index is 11.1. The van der Waals surface area contributed by atoms with E-state index in [-0.39, 0.29) is 6.42 Å². The first kappa shape index (κ1) is 22.2. The van der Waals surface area contributed by atoms with Crippen LogP contribution in [0.5, 0.6) is 0 Å². The van der Waals surface area contributed by atoms with Gasteiger partial charge in [0.2, 0.25) is 0 Å². The first-order valence-electron chi connectivity index (χ1n) is 9.72. The summed E-state index contributed by atoms with van der Waals surface area (Å²) in [6.07, 6.45) is 6.33. The number of anilines is 2. The van der Waals surface area contributed by atoms with Crippen LogP contribution in [0.15, 0.2) is 66.8 Å². The fourth-order valence-electron chi connectivity index (χ4n) is 2.95. The second-order valence-corrected chi connectivity index (χ2v) is 7.24. The first-order valence-corrected chi connectivity index (χ1v) is 9.72. The third-order valence-corrected chi connectivity index (χ3v) is 4.82. The van der Waals surface area contributed by atoms with Gasteiger partial charge in [-0.2, -0.15) is 0 Å². The van der Waals surface area contributed by atoms with Gasteiger partial charge in [-0.05, 0) is 54.3 Å². The van der Waals surface area contributed by atoms with Crippen molar-refractivity contribution in [1.82, 2.24) is 0 Å². The highest BCUT2D eigenvalue weighted by atomic mass is 16.4. The highest BCUT2D eigenvalue weighted by Crippen LogP contribution is 2.28. The van der Waals surface area contributed by atoms with Crippen LogP contribution in [0, 0.1) is 0 Å². The monoisotopic (exact) mass is 393 g/mol. The molecule has 0 saturated heterocycles. The van der Waals surface area contributed by atoms with Crippen molar-refractivity contribution < 1.29 is 9.90 Å². The quantitative estimate of drug-likeness (QED) is 0.630. The molecular weight excluding hydrogens is 362 g/mol. The lowest BCUT2D eigenvalue weighted by molar-refractivity contribution is -0.138. The van der Waals surface area contributed by atoms with E-state index >= 15 is 0 Å². The topological polar surface area (TPSA) is 69.8 Å². The summed E-state index contributed by atoms with van der Waals surface area (Å²) in [5.41, 5.74) is 11.0. The minimum Gasteiger partial charge on any atom is -0.480 e. The van der Waals surface area contributed by atoms with Crippen LogP contribution in [-0.4, -0.2) is 44.8 Å². The van der Waals surface area contributed by atoms with Crippen molar-refractivity contribution in [3.8, 4) is 0 Å². The Morgan fingerprint density at radius 2 is 1.52 bits per heavy atom. The Labute approximate surface area is 173 Å². The summed E-state index contributed by atoms with van der Waals surface area (Å²) >= 11 is 0.